The Hall–Kier alpha value is -2.15. The Morgan fingerprint density at radius 3 is 2.33 bits per heavy atom. The molecule has 0 aliphatic rings. The van der Waals surface area contributed by atoms with Crippen LogP contribution in [0.1, 0.15) is 37.2 Å². The van der Waals surface area contributed by atoms with Gasteiger partial charge in [-0.05, 0) is 32.9 Å². The molecule has 21 heavy (non-hydrogen) atoms. The fraction of sp³-hybridized carbons (Fsp3) is 0.286. The first-order valence-electron chi connectivity index (χ1n) is 6.47. The van der Waals surface area contributed by atoms with Gasteiger partial charge < -0.3 is 0 Å². The first-order valence-corrected chi connectivity index (χ1v) is 7.96. The predicted molar refractivity (Wildman–Crippen MR) is 79.9 cm³/mol. The predicted octanol–water partition coefficient (Wildman–Crippen LogP) is 2.47. The van der Waals surface area contributed by atoms with Crippen LogP contribution in [0.2, 0.25) is 0 Å². The van der Waals surface area contributed by atoms with Crippen LogP contribution in [0, 0.1) is 0 Å². The largest absolute Gasteiger partial charge is 0.295 e. The topological polar surface area (TPSA) is 81.1 Å². The van der Waals surface area contributed by atoms with E-state index in [4.69, 9.17) is 0 Å². The molecular formula is C14H17N3O3S. The number of nitrogens with one attached hydrogen (secondary N) is 1. The summed E-state index contributed by atoms with van der Waals surface area (Å²) in [5.41, 5.74) is 0.876. The van der Waals surface area contributed by atoms with Crippen molar-refractivity contribution in [2.45, 2.75) is 31.7 Å². The van der Waals surface area contributed by atoms with Gasteiger partial charge in [-0.3, -0.25) is 14.2 Å². The number of aromatic nitrogens is 2. The van der Waals surface area contributed by atoms with Crippen LogP contribution in [-0.2, 0) is 10.0 Å². The van der Waals surface area contributed by atoms with E-state index in [1.165, 1.54) is 37.4 Å². The maximum atomic E-state index is 12.2. The van der Waals surface area contributed by atoms with Crippen LogP contribution >= 0.6 is 0 Å². The monoisotopic (exact) mass is 307 g/mol. The lowest BCUT2D eigenvalue weighted by Crippen LogP contribution is -2.12. The summed E-state index contributed by atoms with van der Waals surface area (Å²) < 4.78 is 28.6. The van der Waals surface area contributed by atoms with Crippen LogP contribution < -0.4 is 4.72 Å². The molecule has 0 aliphatic heterocycles. The second-order valence-electron chi connectivity index (χ2n) is 4.99. The van der Waals surface area contributed by atoms with Crippen LogP contribution in [0.25, 0.3) is 0 Å². The van der Waals surface area contributed by atoms with E-state index in [0.717, 1.165) is 0 Å². The molecule has 1 aromatic heterocycles. The average molecular weight is 307 g/mol. The third-order valence-electron chi connectivity index (χ3n) is 2.95. The van der Waals surface area contributed by atoms with Gasteiger partial charge in [0.15, 0.2) is 5.78 Å². The first kappa shape index (κ1) is 15.2. The number of sulfonamides is 1. The van der Waals surface area contributed by atoms with Crippen LogP contribution in [0.5, 0.6) is 0 Å². The molecule has 7 heteroatoms. The summed E-state index contributed by atoms with van der Waals surface area (Å²) in [6, 6.07) is 5.96. The molecule has 112 valence electrons. The molecule has 0 bridgehead atoms. The van der Waals surface area contributed by atoms with Crippen molar-refractivity contribution in [3.05, 3.63) is 42.2 Å². The summed E-state index contributed by atoms with van der Waals surface area (Å²) in [7, 11) is -3.68. The van der Waals surface area contributed by atoms with Crippen LogP contribution in [0.15, 0.2) is 41.6 Å². The van der Waals surface area contributed by atoms with Gasteiger partial charge in [-0.2, -0.15) is 5.10 Å². The van der Waals surface area contributed by atoms with E-state index in [9.17, 15) is 13.2 Å². The number of rotatable bonds is 5. The van der Waals surface area contributed by atoms with Crippen molar-refractivity contribution in [3.63, 3.8) is 0 Å². The van der Waals surface area contributed by atoms with Gasteiger partial charge in [0.05, 0.1) is 16.8 Å². The molecule has 0 radical (unpaired) electrons. The van der Waals surface area contributed by atoms with E-state index >= 15 is 0 Å². The third-order valence-corrected chi connectivity index (χ3v) is 4.35. The summed E-state index contributed by atoms with van der Waals surface area (Å²) in [5, 5.41) is 4.08. The van der Waals surface area contributed by atoms with E-state index < -0.39 is 10.0 Å². The maximum Gasteiger partial charge on any atom is 0.261 e. The summed E-state index contributed by atoms with van der Waals surface area (Å²) in [6.45, 7) is 5.33. The minimum absolute atomic E-state index is 0.102. The first-order chi connectivity index (χ1) is 9.79. The number of carbonyl (C=O) groups is 1. The molecule has 2 rings (SSSR count). The van der Waals surface area contributed by atoms with E-state index in [1.54, 1.807) is 10.9 Å². The average Bonchev–Trinajstić information content (AvgIpc) is 2.87. The van der Waals surface area contributed by atoms with Crippen LogP contribution in [-0.4, -0.2) is 24.0 Å². The standard InChI is InChI=1S/C14H17N3O3S/c1-10(2)17-9-13(8-15-17)16-21(19,20)14-6-4-12(5-7-14)11(3)18/h4-10,16H,1-3H3. The molecule has 1 aromatic carbocycles. The molecule has 0 saturated heterocycles. The highest BCUT2D eigenvalue weighted by Crippen LogP contribution is 2.17. The zero-order valence-corrected chi connectivity index (χ0v) is 12.9. The van der Waals surface area contributed by atoms with Crippen molar-refractivity contribution in [2.24, 2.45) is 0 Å². The normalized spacial score (nSPS) is 11.6. The highest BCUT2D eigenvalue weighted by Gasteiger charge is 2.15. The van der Waals surface area contributed by atoms with E-state index in [2.05, 4.69) is 9.82 Å². The summed E-state index contributed by atoms with van der Waals surface area (Å²) in [6.07, 6.45) is 3.09. The summed E-state index contributed by atoms with van der Waals surface area (Å²) >= 11 is 0. The molecule has 0 fully saturated rings. The van der Waals surface area contributed by atoms with Gasteiger partial charge in [-0.25, -0.2) is 8.42 Å². The number of benzene rings is 1. The summed E-state index contributed by atoms with van der Waals surface area (Å²) in [4.78, 5) is 11.3. The summed E-state index contributed by atoms with van der Waals surface area (Å²) in [5.74, 6) is -0.106. The number of Topliss-reactive ketones (excluding diaryl/α,β-unsaturated/α-hetero) is 1. The van der Waals surface area contributed by atoms with Gasteiger partial charge in [0.1, 0.15) is 0 Å². The lowest BCUT2D eigenvalue weighted by atomic mass is 10.2. The Morgan fingerprint density at radius 1 is 1.24 bits per heavy atom. The van der Waals surface area contributed by atoms with E-state index in [-0.39, 0.29) is 16.7 Å². The van der Waals surface area contributed by atoms with Gasteiger partial charge >= 0.3 is 0 Å². The van der Waals surface area contributed by atoms with E-state index in [0.29, 0.717) is 11.3 Å². The Kier molecular flexibility index (Phi) is 4.13. The second kappa shape index (κ2) is 5.69. The van der Waals surface area contributed by atoms with Crippen molar-refractivity contribution in [1.82, 2.24) is 9.78 Å². The lowest BCUT2D eigenvalue weighted by molar-refractivity contribution is 0.101. The molecule has 0 spiro atoms. The highest BCUT2D eigenvalue weighted by atomic mass is 32.2. The fourth-order valence-corrected chi connectivity index (χ4v) is 2.78. The molecular weight excluding hydrogens is 290 g/mol. The molecule has 0 saturated carbocycles. The molecule has 1 heterocycles. The van der Waals surface area contributed by atoms with Crippen molar-refractivity contribution in [1.29, 1.82) is 0 Å². The van der Waals surface area contributed by atoms with Gasteiger partial charge in [-0.1, -0.05) is 12.1 Å². The number of hydrogen-bond acceptors (Lipinski definition) is 4. The van der Waals surface area contributed by atoms with E-state index in [1.807, 2.05) is 13.8 Å². The van der Waals surface area contributed by atoms with Crippen molar-refractivity contribution in [3.8, 4) is 0 Å². The van der Waals surface area contributed by atoms with Gasteiger partial charge in [-0.15, -0.1) is 0 Å². The molecule has 2 aromatic rings. The Balaban J connectivity index is 2.22. The van der Waals surface area contributed by atoms with Gasteiger partial charge in [0.25, 0.3) is 10.0 Å². The molecule has 6 nitrogen and oxygen atoms in total. The van der Waals surface area contributed by atoms with Crippen molar-refractivity contribution < 1.29 is 13.2 Å². The van der Waals surface area contributed by atoms with Gasteiger partial charge in [0, 0.05) is 17.8 Å². The number of nitrogens with zero attached hydrogens (tertiary/aromatic N) is 2. The zero-order chi connectivity index (χ0) is 15.6. The minimum atomic E-state index is -3.68. The third kappa shape index (κ3) is 3.49. The zero-order valence-electron chi connectivity index (χ0n) is 12.1. The van der Waals surface area contributed by atoms with Crippen LogP contribution in [0.4, 0.5) is 5.69 Å². The smallest absolute Gasteiger partial charge is 0.261 e. The highest BCUT2D eigenvalue weighted by molar-refractivity contribution is 7.92. The molecule has 0 amide bonds. The number of carbonyl (C=O) groups excluding carboxylic acids is 1. The lowest BCUT2D eigenvalue weighted by Gasteiger charge is -2.07. The number of hydrogen-bond donors (Lipinski definition) is 1. The van der Waals surface area contributed by atoms with Crippen molar-refractivity contribution in [2.75, 3.05) is 4.72 Å². The second-order valence-corrected chi connectivity index (χ2v) is 6.67. The molecule has 0 atom stereocenters. The number of anilines is 1. The Labute approximate surface area is 123 Å². The molecule has 1 N–H and O–H groups in total. The van der Waals surface area contributed by atoms with Crippen molar-refractivity contribution >= 4 is 21.5 Å². The fourth-order valence-electron chi connectivity index (χ4n) is 1.76. The Morgan fingerprint density at radius 2 is 1.86 bits per heavy atom. The van der Waals surface area contributed by atoms with Gasteiger partial charge in [0.2, 0.25) is 0 Å². The quantitative estimate of drug-likeness (QED) is 0.860. The van der Waals surface area contributed by atoms with Crippen LogP contribution in [0.3, 0.4) is 0 Å². The maximum absolute atomic E-state index is 12.2. The Bertz CT molecular complexity index is 746. The SMILES string of the molecule is CC(=O)c1ccc(S(=O)(=O)Nc2cnn(C(C)C)c2)cc1. The minimum Gasteiger partial charge on any atom is -0.295 e. The number of ketones is 1. The molecule has 0 aliphatic carbocycles. The molecule has 0 unspecified atom stereocenters.